The molecule has 0 bridgehead atoms. The number of rotatable bonds is 6. The molecule has 2 aromatic carbocycles. The first kappa shape index (κ1) is 22.4. The van der Waals surface area contributed by atoms with Gasteiger partial charge in [0.25, 0.3) is 0 Å². The minimum atomic E-state index is -0.253. The molecule has 0 unspecified atom stereocenters. The Bertz CT molecular complexity index is 900. The molecular weight excluding hydrogens is 400 g/mol. The van der Waals surface area contributed by atoms with Gasteiger partial charge >= 0.3 is 6.09 Å². The lowest BCUT2D eigenvalue weighted by molar-refractivity contribution is 0.0843. The van der Waals surface area contributed by atoms with Crippen molar-refractivity contribution >= 4 is 11.7 Å². The number of ether oxygens (including phenoxy) is 2. The molecule has 0 spiro atoms. The summed E-state index contributed by atoms with van der Waals surface area (Å²) in [6, 6.07) is 18.8. The van der Waals surface area contributed by atoms with E-state index in [4.69, 9.17) is 9.47 Å². The summed E-state index contributed by atoms with van der Waals surface area (Å²) >= 11 is 0. The smallest absolute Gasteiger partial charge is 0.410 e. The largest absolute Gasteiger partial charge is 0.490 e. The second-order valence-electron chi connectivity index (χ2n) is 8.94. The molecule has 32 heavy (non-hydrogen) atoms. The molecular formula is C27H34N2O3. The maximum absolute atomic E-state index is 12.4. The quantitative estimate of drug-likeness (QED) is 0.613. The minimum absolute atomic E-state index is 0.253. The molecule has 1 saturated heterocycles. The fourth-order valence-corrected chi connectivity index (χ4v) is 4.36. The van der Waals surface area contributed by atoms with E-state index >= 15 is 0 Å². The molecule has 0 aliphatic carbocycles. The first-order valence-electron chi connectivity index (χ1n) is 11.7. The lowest BCUT2D eigenvalue weighted by atomic mass is 9.99. The summed E-state index contributed by atoms with van der Waals surface area (Å²) in [5.41, 5.74) is 3.47. The van der Waals surface area contributed by atoms with Crippen molar-refractivity contribution < 1.29 is 14.3 Å². The van der Waals surface area contributed by atoms with Crippen molar-refractivity contribution in [2.24, 2.45) is 0 Å². The summed E-state index contributed by atoms with van der Waals surface area (Å²) in [6.07, 6.45) is 5.18. The van der Waals surface area contributed by atoms with Crippen molar-refractivity contribution in [1.29, 1.82) is 0 Å². The number of benzene rings is 2. The number of carbonyl (C=O) groups is 1. The van der Waals surface area contributed by atoms with Gasteiger partial charge in [0.1, 0.15) is 18.5 Å². The van der Waals surface area contributed by atoms with Gasteiger partial charge in [0.2, 0.25) is 0 Å². The van der Waals surface area contributed by atoms with Crippen LogP contribution in [0.4, 0.5) is 4.79 Å². The fourth-order valence-electron chi connectivity index (χ4n) is 4.36. The first-order valence-corrected chi connectivity index (χ1v) is 11.7. The highest BCUT2D eigenvalue weighted by atomic mass is 16.6. The van der Waals surface area contributed by atoms with Crippen LogP contribution in [0.5, 0.6) is 5.75 Å². The molecule has 0 radical (unpaired) electrons. The van der Waals surface area contributed by atoms with Gasteiger partial charge in [0.15, 0.2) is 0 Å². The molecule has 5 heteroatoms. The molecule has 2 aliphatic rings. The number of carbonyl (C=O) groups excluding carboxylic acids is 1. The normalized spacial score (nSPS) is 17.8. The SMILES string of the molecule is CC(C)N1CCC(Oc2ccc(C3=CCN(C(=O)OCc4ccccc4)CC3)cc2)CC1. The van der Waals surface area contributed by atoms with Crippen LogP contribution < -0.4 is 4.74 Å². The van der Waals surface area contributed by atoms with Crippen molar-refractivity contribution in [3.8, 4) is 5.75 Å². The standard InChI is InChI=1S/C27H34N2O3/c1-21(2)28-18-14-26(15-19-28)32-25-10-8-23(9-11-25)24-12-16-29(17-13-24)27(30)31-20-22-6-4-3-5-7-22/h3-12,21,26H,13-20H2,1-2H3. The lowest BCUT2D eigenvalue weighted by Crippen LogP contribution is -2.41. The zero-order valence-electron chi connectivity index (χ0n) is 19.2. The molecule has 2 heterocycles. The highest BCUT2D eigenvalue weighted by Gasteiger charge is 2.22. The summed E-state index contributed by atoms with van der Waals surface area (Å²) < 4.78 is 11.7. The van der Waals surface area contributed by atoms with Crippen LogP contribution in [0.2, 0.25) is 0 Å². The van der Waals surface area contributed by atoms with E-state index in [1.807, 2.05) is 30.3 Å². The maximum atomic E-state index is 12.4. The Morgan fingerprint density at radius 1 is 1.00 bits per heavy atom. The van der Waals surface area contributed by atoms with E-state index in [0.29, 0.717) is 31.8 Å². The third-order valence-electron chi connectivity index (χ3n) is 6.41. The van der Waals surface area contributed by atoms with E-state index < -0.39 is 0 Å². The van der Waals surface area contributed by atoms with Crippen molar-refractivity contribution in [3.63, 3.8) is 0 Å². The second kappa shape index (κ2) is 10.7. The number of nitrogens with zero attached hydrogens (tertiary/aromatic N) is 2. The molecule has 4 rings (SSSR count). The van der Waals surface area contributed by atoms with Crippen LogP contribution in [0.25, 0.3) is 5.57 Å². The van der Waals surface area contributed by atoms with Gasteiger partial charge in [0.05, 0.1) is 0 Å². The second-order valence-corrected chi connectivity index (χ2v) is 8.94. The summed E-state index contributed by atoms with van der Waals surface area (Å²) in [6.45, 7) is 8.29. The molecule has 0 aromatic heterocycles. The average Bonchev–Trinajstić information content (AvgIpc) is 2.84. The number of likely N-dealkylation sites (tertiary alicyclic amines) is 1. The van der Waals surface area contributed by atoms with Gasteiger partial charge < -0.3 is 19.3 Å². The number of piperidine rings is 1. The molecule has 5 nitrogen and oxygen atoms in total. The molecule has 1 amide bonds. The zero-order valence-corrected chi connectivity index (χ0v) is 19.2. The Labute approximate surface area is 191 Å². The highest BCUT2D eigenvalue weighted by molar-refractivity contribution is 5.72. The van der Waals surface area contributed by atoms with Gasteiger partial charge in [-0.2, -0.15) is 0 Å². The van der Waals surface area contributed by atoms with E-state index in [1.54, 1.807) is 4.90 Å². The Morgan fingerprint density at radius 2 is 1.72 bits per heavy atom. The zero-order chi connectivity index (χ0) is 22.3. The third kappa shape index (κ3) is 5.92. The summed E-state index contributed by atoms with van der Waals surface area (Å²) in [7, 11) is 0. The van der Waals surface area contributed by atoms with Crippen molar-refractivity contribution in [2.45, 2.75) is 51.9 Å². The predicted molar refractivity (Wildman–Crippen MR) is 128 cm³/mol. The maximum Gasteiger partial charge on any atom is 0.410 e. The van der Waals surface area contributed by atoms with Gasteiger partial charge in [-0.1, -0.05) is 48.5 Å². The predicted octanol–water partition coefficient (Wildman–Crippen LogP) is 5.36. The third-order valence-corrected chi connectivity index (χ3v) is 6.41. The monoisotopic (exact) mass is 434 g/mol. The molecule has 2 aliphatic heterocycles. The van der Waals surface area contributed by atoms with E-state index in [1.165, 1.54) is 11.1 Å². The van der Waals surface area contributed by atoms with E-state index in [-0.39, 0.29) is 6.09 Å². The van der Waals surface area contributed by atoms with Gasteiger partial charge in [-0.15, -0.1) is 0 Å². The average molecular weight is 435 g/mol. The van der Waals surface area contributed by atoms with E-state index in [9.17, 15) is 4.79 Å². The van der Waals surface area contributed by atoms with Gasteiger partial charge in [-0.3, -0.25) is 0 Å². The van der Waals surface area contributed by atoms with Crippen LogP contribution in [0.1, 0.15) is 44.2 Å². The lowest BCUT2D eigenvalue weighted by Gasteiger charge is -2.34. The summed E-state index contributed by atoms with van der Waals surface area (Å²) in [5, 5.41) is 0. The summed E-state index contributed by atoms with van der Waals surface area (Å²) in [5.74, 6) is 0.944. The van der Waals surface area contributed by atoms with Crippen LogP contribution in [0, 0.1) is 0 Å². The number of hydrogen-bond donors (Lipinski definition) is 0. The van der Waals surface area contributed by atoms with Crippen LogP contribution >= 0.6 is 0 Å². The molecule has 2 aromatic rings. The van der Waals surface area contributed by atoms with Gasteiger partial charge in [0, 0.05) is 32.2 Å². The van der Waals surface area contributed by atoms with E-state index in [0.717, 1.165) is 43.7 Å². The number of hydrogen-bond acceptors (Lipinski definition) is 4. The van der Waals surface area contributed by atoms with Crippen LogP contribution in [0.15, 0.2) is 60.7 Å². The molecule has 1 fully saturated rings. The Morgan fingerprint density at radius 3 is 2.34 bits per heavy atom. The Kier molecular flexibility index (Phi) is 7.48. The van der Waals surface area contributed by atoms with Crippen LogP contribution in [-0.4, -0.2) is 54.2 Å². The molecule has 0 atom stereocenters. The first-order chi connectivity index (χ1) is 15.6. The fraction of sp³-hybridized carbons (Fsp3) is 0.444. The molecule has 170 valence electrons. The topological polar surface area (TPSA) is 42.0 Å². The Hall–Kier alpha value is -2.79. The van der Waals surface area contributed by atoms with Gasteiger partial charge in [-0.25, -0.2) is 4.79 Å². The van der Waals surface area contributed by atoms with Crippen molar-refractivity contribution in [2.75, 3.05) is 26.2 Å². The number of amides is 1. The van der Waals surface area contributed by atoms with E-state index in [2.05, 4.69) is 49.1 Å². The Balaban J connectivity index is 1.25. The van der Waals surface area contributed by atoms with Crippen LogP contribution in [0.3, 0.4) is 0 Å². The minimum Gasteiger partial charge on any atom is -0.490 e. The van der Waals surface area contributed by atoms with Crippen molar-refractivity contribution in [3.05, 3.63) is 71.8 Å². The molecule has 0 N–H and O–H groups in total. The summed E-state index contributed by atoms with van der Waals surface area (Å²) in [4.78, 5) is 16.6. The van der Waals surface area contributed by atoms with Crippen LogP contribution in [-0.2, 0) is 11.3 Å². The molecule has 0 saturated carbocycles. The van der Waals surface area contributed by atoms with Gasteiger partial charge in [-0.05, 0) is 61.9 Å². The highest BCUT2D eigenvalue weighted by Crippen LogP contribution is 2.26. The van der Waals surface area contributed by atoms with Crippen molar-refractivity contribution in [1.82, 2.24) is 9.80 Å².